The van der Waals surface area contributed by atoms with Crippen LogP contribution < -0.4 is 21.5 Å². The Morgan fingerprint density at radius 2 is 1.67 bits per heavy atom. The van der Waals surface area contributed by atoms with E-state index < -0.39 is 16.5 Å². The lowest BCUT2D eigenvalue weighted by atomic mass is 9.84. The topological polar surface area (TPSA) is 83.6 Å². The molecular weight excluding hydrogens is 336 g/mol. The highest BCUT2D eigenvalue weighted by molar-refractivity contribution is 9.10. The predicted octanol–water partition coefficient (Wildman–Crippen LogP) is 1.12. The fourth-order valence-electron chi connectivity index (χ4n) is 2.86. The molecule has 0 unspecified atom stereocenters. The van der Waals surface area contributed by atoms with Crippen LogP contribution in [0.15, 0.2) is 38.3 Å². The average Bonchev–Trinajstić information content (AvgIpc) is 2.50. The zero-order chi connectivity index (χ0) is 15.2. The first-order valence-corrected chi connectivity index (χ1v) is 7.54. The molecule has 0 bridgehead atoms. The summed E-state index contributed by atoms with van der Waals surface area (Å²) in [5.74, 6) is 0. The molecule has 1 saturated heterocycles. The number of anilines is 2. The molecule has 21 heavy (non-hydrogen) atoms. The SMILES string of the molecule is Nc1c(N2CCC(O)(c3ccc(Br)cc3)CC2)c(=O)c1=O. The third-order valence-corrected chi connectivity index (χ3v) is 4.74. The molecule has 0 amide bonds. The Kier molecular flexibility index (Phi) is 3.37. The van der Waals surface area contributed by atoms with E-state index in [9.17, 15) is 14.7 Å². The molecule has 3 N–H and O–H groups in total. The molecule has 1 heterocycles. The first-order valence-electron chi connectivity index (χ1n) is 6.74. The average molecular weight is 351 g/mol. The number of aliphatic hydroxyl groups is 1. The van der Waals surface area contributed by atoms with Crippen molar-refractivity contribution in [1.29, 1.82) is 0 Å². The summed E-state index contributed by atoms with van der Waals surface area (Å²) in [6.45, 7) is 1.00. The quantitative estimate of drug-likeness (QED) is 0.792. The summed E-state index contributed by atoms with van der Waals surface area (Å²) in [5, 5.41) is 10.8. The third-order valence-electron chi connectivity index (χ3n) is 4.21. The van der Waals surface area contributed by atoms with E-state index in [1.165, 1.54) is 0 Å². The molecule has 0 aromatic heterocycles. The molecule has 0 aliphatic carbocycles. The van der Waals surface area contributed by atoms with Gasteiger partial charge in [0.1, 0.15) is 11.4 Å². The number of hydrogen-bond donors (Lipinski definition) is 2. The fourth-order valence-corrected chi connectivity index (χ4v) is 3.12. The van der Waals surface area contributed by atoms with Crippen LogP contribution in [0.1, 0.15) is 18.4 Å². The molecule has 1 aliphatic heterocycles. The first kappa shape index (κ1) is 14.3. The van der Waals surface area contributed by atoms with Gasteiger partial charge in [-0.3, -0.25) is 9.59 Å². The lowest BCUT2D eigenvalue weighted by Crippen LogP contribution is -2.48. The van der Waals surface area contributed by atoms with Crippen molar-refractivity contribution in [1.82, 2.24) is 0 Å². The second kappa shape index (κ2) is 4.96. The predicted molar refractivity (Wildman–Crippen MR) is 85.3 cm³/mol. The fraction of sp³-hybridized carbons (Fsp3) is 0.333. The summed E-state index contributed by atoms with van der Waals surface area (Å²) < 4.78 is 0.962. The van der Waals surface area contributed by atoms with Crippen molar-refractivity contribution in [3.63, 3.8) is 0 Å². The summed E-state index contributed by atoms with van der Waals surface area (Å²) in [4.78, 5) is 24.5. The summed E-state index contributed by atoms with van der Waals surface area (Å²) in [6.07, 6.45) is 0.986. The molecule has 5 nitrogen and oxygen atoms in total. The maximum absolute atomic E-state index is 11.5. The van der Waals surface area contributed by atoms with Crippen molar-refractivity contribution in [3.8, 4) is 0 Å². The van der Waals surface area contributed by atoms with Gasteiger partial charge < -0.3 is 15.7 Å². The Labute approximate surface area is 129 Å². The lowest BCUT2D eigenvalue weighted by molar-refractivity contribution is 0.0117. The normalized spacial score (nSPS) is 18.1. The summed E-state index contributed by atoms with van der Waals surface area (Å²) in [7, 11) is 0. The zero-order valence-electron chi connectivity index (χ0n) is 11.3. The number of nitrogens with zero attached hydrogens (tertiary/aromatic N) is 1. The molecule has 0 atom stereocenters. The number of hydrogen-bond acceptors (Lipinski definition) is 5. The number of halogens is 1. The Morgan fingerprint density at radius 3 is 2.19 bits per heavy atom. The van der Waals surface area contributed by atoms with E-state index in [1.54, 1.807) is 4.90 Å². The molecule has 1 fully saturated rings. The van der Waals surface area contributed by atoms with Crippen LogP contribution in [0.5, 0.6) is 0 Å². The minimum atomic E-state index is -0.899. The Morgan fingerprint density at radius 1 is 1.10 bits per heavy atom. The van der Waals surface area contributed by atoms with Gasteiger partial charge in [-0.1, -0.05) is 28.1 Å². The summed E-state index contributed by atoms with van der Waals surface area (Å²) in [5.41, 5.74) is 4.80. The van der Waals surface area contributed by atoms with Gasteiger partial charge in [-0.05, 0) is 30.5 Å². The molecule has 110 valence electrons. The van der Waals surface area contributed by atoms with Crippen molar-refractivity contribution in [2.75, 3.05) is 23.7 Å². The minimum Gasteiger partial charge on any atom is -0.394 e. The first-order chi connectivity index (χ1) is 9.92. The van der Waals surface area contributed by atoms with Crippen LogP contribution in [0.4, 0.5) is 11.4 Å². The molecule has 0 spiro atoms. The molecule has 2 aromatic rings. The molecule has 0 radical (unpaired) electrons. The van der Waals surface area contributed by atoms with Gasteiger partial charge in [0.15, 0.2) is 0 Å². The van der Waals surface area contributed by atoms with E-state index in [0.29, 0.717) is 31.6 Å². The van der Waals surface area contributed by atoms with Crippen LogP contribution in [-0.2, 0) is 5.60 Å². The number of nitrogens with two attached hydrogens (primary N) is 1. The van der Waals surface area contributed by atoms with Gasteiger partial charge in [-0.25, -0.2) is 0 Å². The largest absolute Gasteiger partial charge is 0.394 e. The van der Waals surface area contributed by atoms with Crippen LogP contribution in [0, 0.1) is 0 Å². The van der Waals surface area contributed by atoms with Gasteiger partial charge in [-0.15, -0.1) is 0 Å². The van der Waals surface area contributed by atoms with Crippen molar-refractivity contribution >= 4 is 27.3 Å². The molecule has 3 rings (SSSR count). The molecule has 1 aliphatic rings. The van der Waals surface area contributed by atoms with Gasteiger partial charge >= 0.3 is 0 Å². The number of benzene rings is 1. The van der Waals surface area contributed by atoms with Crippen LogP contribution in [0.2, 0.25) is 0 Å². The lowest BCUT2D eigenvalue weighted by Gasteiger charge is -2.40. The van der Waals surface area contributed by atoms with E-state index in [4.69, 9.17) is 5.73 Å². The van der Waals surface area contributed by atoms with E-state index in [1.807, 2.05) is 24.3 Å². The highest BCUT2D eigenvalue weighted by atomic mass is 79.9. The van der Waals surface area contributed by atoms with Crippen LogP contribution in [-0.4, -0.2) is 18.2 Å². The van der Waals surface area contributed by atoms with Gasteiger partial charge in [-0.2, -0.15) is 0 Å². The zero-order valence-corrected chi connectivity index (χ0v) is 12.9. The van der Waals surface area contributed by atoms with Crippen molar-refractivity contribution in [2.24, 2.45) is 0 Å². The van der Waals surface area contributed by atoms with E-state index in [-0.39, 0.29) is 5.69 Å². The second-order valence-electron chi connectivity index (χ2n) is 5.45. The maximum atomic E-state index is 11.5. The summed E-state index contributed by atoms with van der Waals surface area (Å²) >= 11 is 3.37. The second-order valence-corrected chi connectivity index (χ2v) is 6.36. The third kappa shape index (κ3) is 2.28. The Bertz CT molecular complexity index is 739. The van der Waals surface area contributed by atoms with E-state index in [0.717, 1.165) is 10.0 Å². The van der Waals surface area contributed by atoms with E-state index in [2.05, 4.69) is 15.9 Å². The highest BCUT2D eigenvalue weighted by Gasteiger charge is 2.36. The van der Waals surface area contributed by atoms with Gasteiger partial charge in [0.05, 0.1) is 5.60 Å². The number of rotatable bonds is 2. The number of nitrogen functional groups attached to an aromatic ring is 1. The van der Waals surface area contributed by atoms with Gasteiger partial charge in [0, 0.05) is 17.6 Å². The Hall–Kier alpha value is -1.66. The maximum Gasteiger partial charge on any atom is 0.253 e. The monoisotopic (exact) mass is 350 g/mol. The smallest absolute Gasteiger partial charge is 0.253 e. The van der Waals surface area contributed by atoms with Gasteiger partial charge in [0.25, 0.3) is 10.9 Å². The van der Waals surface area contributed by atoms with Crippen LogP contribution >= 0.6 is 15.9 Å². The summed E-state index contributed by atoms with van der Waals surface area (Å²) in [6, 6.07) is 7.58. The standard InChI is InChI=1S/C15H15BrN2O3/c16-10-3-1-9(2-4-10)15(21)5-7-18(8-6-15)12-11(17)13(19)14(12)20/h1-4,21H,5-8,17H2. The Balaban J connectivity index is 1.77. The van der Waals surface area contributed by atoms with Crippen molar-refractivity contribution in [3.05, 3.63) is 54.7 Å². The highest BCUT2D eigenvalue weighted by Crippen LogP contribution is 2.35. The van der Waals surface area contributed by atoms with Gasteiger partial charge in [0.2, 0.25) is 0 Å². The van der Waals surface area contributed by atoms with Crippen LogP contribution in [0.25, 0.3) is 0 Å². The van der Waals surface area contributed by atoms with Crippen molar-refractivity contribution in [2.45, 2.75) is 18.4 Å². The molecule has 6 heteroatoms. The molecule has 0 saturated carbocycles. The van der Waals surface area contributed by atoms with Crippen LogP contribution in [0.3, 0.4) is 0 Å². The number of piperidine rings is 1. The van der Waals surface area contributed by atoms with E-state index >= 15 is 0 Å². The molecular formula is C15H15BrN2O3. The molecule has 2 aromatic carbocycles. The van der Waals surface area contributed by atoms with Crippen molar-refractivity contribution < 1.29 is 5.11 Å². The minimum absolute atomic E-state index is 0.0501.